The predicted octanol–water partition coefficient (Wildman–Crippen LogP) is 3.15. The number of hydrogen-bond acceptors (Lipinski definition) is 12. The van der Waals surface area contributed by atoms with Crippen LogP contribution in [-0.2, 0) is 23.0 Å². The van der Waals surface area contributed by atoms with Gasteiger partial charge in [-0.2, -0.15) is 13.7 Å². The number of nitrogens with zero attached hydrogens (tertiary/aromatic N) is 4. The number of carbonyl (C=O) groups is 2. The van der Waals surface area contributed by atoms with Crippen LogP contribution in [0.3, 0.4) is 0 Å². The Bertz CT molecular complexity index is 2110. The van der Waals surface area contributed by atoms with Crippen molar-refractivity contribution in [3.05, 3.63) is 74.8 Å². The first kappa shape index (κ1) is 31.4. The Kier molecular flexibility index (Phi) is 6.95. The lowest BCUT2D eigenvalue weighted by molar-refractivity contribution is -0.0757. The molecule has 254 valence electrons. The van der Waals surface area contributed by atoms with E-state index in [0.29, 0.717) is 45.9 Å². The quantitative estimate of drug-likeness (QED) is 0.309. The van der Waals surface area contributed by atoms with Crippen LogP contribution in [0, 0.1) is 25.2 Å². The number of aromatic hydroxyl groups is 1. The highest BCUT2D eigenvalue weighted by Gasteiger charge is 2.57. The van der Waals surface area contributed by atoms with Crippen molar-refractivity contribution >= 4 is 21.9 Å². The number of benzene rings is 3. The Labute approximate surface area is 283 Å². The number of fused-ring (bicyclic) bond motifs is 10. The minimum absolute atomic E-state index is 0.000305. The Morgan fingerprint density at radius 3 is 2.33 bits per heavy atom. The van der Waals surface area contributed by atoms with Crippen molar-refractivity contribution in [2.24, 2.45) is 0 Å². The van der Waals surface area contributed by atoms with E-state index in [-0.39, 0.29) is 48.4 Å². The molecule has 2 amide bonds. The van der Waals surface area contributed by atoms with Gasteiger partial charge in [-0.25, -0.2) is 0 Å². The summed E-state index contributed by atoms with van der Waals surface area (Å²) in [5.41, 5.74) is 4.29. The average molecular weight is 687 g/mol. The van der Waals surface area contributed by atoms with Crippen molar-refractivity contribution in [2.45, 2.75) is 56.9 Å². The van der Waals surface area contributed by atoms with Crippen molar-refractivity contribution in [3.8, 4) is 34.8 Å². The second kappa shape index (κ2) is 10.8. The van der Waals surface area contributed by atoms with Gasteiger partial charge in [-0.1, -0.05) is 18.2 Å². The standard InChI is InChI=1S/C35H34N4O9S/c1-16-10-18-11-22-24(13-36)39-23(28(37(22)3)26(18)29(40)30(16)45-4)12-21-27(33-32(46-15-47-33)17(2)31(21)48-49(5,43)44)25(39)14-38-34(41)19-8-6-7-9-20(19)35(38)42/h6-10,22-25,28,40H,11-12,14-15H2,1-5H3/t22?,23?,24?,25-,28+/m0/s1. The van der Waals surface area contributed by atoms with E-state index >= 15 is 0 Å². The van der Waals surface area contributed by atoms with Crippen molar-refractivity contribution in [1.82, 2.24) is 14.7 Å². The van der Waals surface area contributed by atoms with E-state index in [0.717, 1.165) is 17.4 Å². The van der Waals surface area contributed by atoms with Crippen LogP contribution in [0.25, 0.3) is 0 Å². The summed E-state index contributed by atoms with van der Waals surface area (Å²) in [5.74, 6) is 0.143. The summed E-state index contributed by atoms with van der Waals surface area (Å²) in [6.07, 6.45) is 1.59. The minimum atomic E-state index is -4.03. The van der Waals surface area contributed by atoms with Crippen molar-refractivity contribution in [3.63, 3.8) is 0 Å². The number of piperazine rings is 1. The number of carbonyl (C=O) groups excluding carboxylic acids is 2. The number of ether oxygens (including phenoxy) is 3. The highest BCUT2D eigenvalue weighted by Crippen LogP contribution is 2.58. The first-order valence-corrected chi connectivity index (χ1v) is 17.8. The van der Waals surface area contributed by atoms with E-state index < -0.39 is 46.1 Å². The molecule has 1 saturated heterocycles. The molecule has 0 spiro atoms. The van der Waals surface area contributed by atoms with Crippen molar-refractivity contribution < 1.29 is 41.5 Å². The van der Waals surface area contributed by atoms with E-state index in [9.17, 15) is 28.4 Å². The third kappa shape index (κ3) is 4.38. The normalized spacial score (nSPS) is 25.3. The van der Waals surface area contributed by atoms with E-state index in [1.54, 1.807) is 31.2 Å². The van der Waals surface area contributed by atoms with Crippen molar-refractivity contribution in [1.29, 1.82) is 5.26 Å². The van der Waals surface area contributed by atoms with Crippen molar-refractivity contribution in [2.75, 3.05) is 33.8 Å². The number of aryl methyl sites for hydroxylation is 1. The fourth-order valence-electron chi connectivity index (χ4n) is 8.85. The lowest BCUT2D eigenvalue weighted by Crippen LogP contribution is -2.68. The molecule has 0 aromatic heterocycles. The lowest BCUT2D eigenvalue weighted by Gasteiger charge is -2.60. The molecular formula is C35H34N4O9S. The molecule has 5 heterocycles. The number of nitriles is 1. The van der Waals surface area contributed by atoms with Gasteiger partial charge in [0.05, 0.1) is 42.6 Å². The summed E-state index contributed by atoms with van der Waals surface area (Å²) in [5, 5.41) is 22.6. The van der Waals surface area contributed by atoms with Crippen LogP contribution in [0.4, 0.5) is 0 Å². The molecule has 1 N–H and O–H groups in total. The first-order valence-electron chi connectivity index (χ1n) is 15.9. The molecular weight excluding hydrogens is 652 g/mol. The van der Waals surface area contributed by atoms with Gasteiger partial charge in [-0.05, 0) is 57.0 Å². The molecule has 3 aromatic carbocycles. The Morgan fingerprint density at radius 2 is 1.69 bits per heavy atom. The number of imide groups is 1. The first-order chi connectivity index (χ1) is 23.4. The molecule has 3 unspecified atom stereocenters. The zero-order chi connectivity index (χ0) is 34.7. The van der Waals surface area contributed by atoms with Gasteiger partial charge >= 0.3 is 10.1 Å². The molecule has 0 aliphatic carbocycles. The molecule has 5 aliphatic heterocycles. The molecule has 5 aliphatic rings. The molecule has 0 radical (unpaired) electrons. The van der Waals surface area contributed by atoms with E-state index in [1.807, 2.05) is 24.9 Å². The zero-order valence-corrected chi connectivity index (χ0v) is 28.3. The number of phenols is 1. The molecule has 3 aromatic rings. The number of likely N-dealkylation sites (N-methyl/N-ethyl adjacent to an activating group) is 1. The molecule has 1 fully saturated rings. The van der Waals surface area contributed by atoms with Crippen LogP contribution < -0.4 is 18.4 Å². The number of methoxy groups -OCH3 is 1. The third-order valence-electron chi connectivity index (χ3n) is 10.7. The van der Waals surface area contributed by atoms with Crippen LogP contribution in [-0.4, -0.2) is 91.9 Å². The molecule has 8 rings (SSSR count). The van der Waals surface area contributed by atoms with Crippen LogP contribution in [0.15, 0.2) is 30.3 Å². The third-order valence-corrected chi connectivity index (χ3v) is 11.2. The summed E-state index contributed by atoms with van der Waals surface area (Å²) >= 11 is 0. The fraction of sp³-hybridized carbons (Fsp3) is 0.400. The molecule has 5 atom stereocenters. The van der Waals surface area contributed by atoms with Gasteiger partial charge in [0.1, 0.15) is 6.04 Å². The number of amides is 2. The molecule has 49 heavy (non-hydrogen) atoms. The SMILES string of the molecule is COc1c(C)cc2c(c1O)[C@H]1C3Cc4c(OS(C)(=O)=O)c(C)c5c(c4[C@H](CN4C(=O)c6ccccc6C4=O)N3C(C#N)C(C2)N1C)OCO5. The van der Waals surface area contributed by atoms with Gasteiger partial charge in [0.2, 0.25) is 6.79 Å². The highest BCUT2D eigenvalue weighted by atomic mass is 32.2. The lowest BCUT2D eigenvalue weighted by atomic mass is 9.71. The highest BCUT2D eigenvalue weighted by molar-refractivity contribution is 7.86. The minimum Gasteiger partial charge on any atom is -0.504 e. The largest absolute Gasteiger partial charge is 0.504 e. The summed E-state index contributed by atoms with van der Waals surface area (Å²) in [6, 6.07) is 8.16. The van der Waals surface area contributed by atoms with Gasteiger partial charge in [0.25, 0.3) is 11.8 Å². The van der Waals surface area contributed by atoms with Gasteiger partial charge in [-0.3, -0.25) is 24.3 Å². The maximum Gasteiger partial charge on any atom is 0.306 e. The molecule has 0 saturated carbocycles. The van der Waals surface area contributed by atoms with Gasteiger partial charge in [-0.15, -0.1) is 0 Å². The Balaban J connectivity index is 1.39. The Morgan fingerprint density at radius 1 is 1.02 bits per heavy atom. The number of hydrogen-bond donors (Lipinski definition) is 1. The smallest absolute Gasteiger partial charge is 0.306 e. The molecule has 14 heteroatoms. The monoisotopic (exact) mass is 686 g/mol. The van der Waals surface area contributed by atoms with Crippen LogP contribution in [0.1, 0.15) is 66.2 Å². The predicted molar refractivity (Wildman–Crippen MR) is 173 cm³/mol. The van der Waals surface area contributed by atoms with Crippen LogP contribution in [0.5, 0.6) is 28.7 Å². The van der Waals surface area contributed by atoms with Crippen LogP contribution in [0.2, 0.25) is 0 Å². The van der Waals surface area contributed by atoms with E-state index in [4.69, 9.17) is 18.4 Å². The Hall–Kier alpha value is -4.84. The maximum atomic E-state index is 13.8. The summed E-state index contributed by atoms with van der Waals surface area (Å²) < 4.78 is 48.7. The summed E-state index contributed by atoms with van der Waals surface area (Å²) in [4.78, 5) is 32.9. The topological polar surface area (TPSA) is 159 Å². The van der Waals surface area contributed by atoms with E-state index in [2.05, 4.69) is 11.0 Å². The number of phenolic OH excluding ortho intramolecular Hbond substituents is 1. The molecule has 13 nitrogen and oxygen atoms in total. The van der Waals surface area contributed by atoms with Gasteiger partial charge < -0.3 is 23.5 Å². The van der Waals surface area contributed by atoms with Gasteiger partial charge in [0, 0.05) is 40.9 Å². The fourth-order valence-corrected chi connectivity index (χ4v) is 9.38. The summed E-state index contributed by atoms with van der Waals surface area (Å²) in [6.45, 7) is 3.25. The molecule has 2 bridgehead atoms. The number of rotatable bonds is 5. The van der Waals surface area contributed by atoms with Crippen LogP contribution >= 0.6 is 0 Å². The second-order valence-electron chi connectivity index (χ2n) is 13.3. The maximum absolute atomic E-state index is 13.8. The summed E-state index contributed by atoms with van der Waals surface area (Å²) in [7, 11) is -0.620. The second-order valence-corrected chi connectivity index (χ2v) is 14.9. The van der Waals surface area contributed by atoms with Gasteiger partial charge in [0.15, 0.2) is 28.7 Å². The average Bonchev–Trinajstić information content (AvgIpc) is 3.63. The zero-order valence-electron chi connectivity index (χ0n) is 27.5. The van der Waals surface area contributed by atoms with E-state index in [1.165, 1.54) is 12.0 Å².